The highest BCUT2D eigenvalue weighted by Crippen LogP contribution is 2.34. The second-order valence-corrected chi connectivity index (χ2v) is 8.37. The number of amides is 2. The minimum Gasteiger partial charge on any atom is -0.321 e. The van der Waals surface area contributed by atoms with E-state index in [0.717, 1.165) is 32.6 Å². The molecule has 4 rings (SSSR count). The molecule has 0 saturated heterocycles. The Hall–Kier alpha value is -2.71. The molecule has 0 bridgehead atoms. The van der Waals surface area contributed by atoms with Gasteiger partial charge in [-0.2, -0.15) is 0 Å². The second kappa shape index (κ2) is 8.12. The maximum Gasteiger partial charge on any atom is 0.255 e. The number of nitrogens with one attached hydrogen (secondary N) is 1. The molecule has 1 aliphatic heterocycles. The molecule has 0 fully saturated rings. The minimum absolute atomic E-state index is 0.110. The molecule has 3 aromatic rings. The molecule has 2 aromatic carbocycles. The smallest absolute Gasteiger partial charge is 0.255 e. The molecule has 28 heavy (non-hydrogen) atoms. The maximum absolute atomic E-state index is 12.8. The number of hydrogen-bond acceptors (Lipinski definition) is 6. The van der Waals surface area contributed by atoms with Gasteiger partial charge in [0.05, 0.1) is 5.69 Å². The lowest BCUT2D eigenvalue weighted by Crippen LogP contribution is -2.27. The molecule has 142 valence electrons. The summed E-state index contributed by atoms with van der Waals surface area (Å²) in [6.45, 7) is 2.54. The van der Waals surface area contributed by atoms with Crippen LogP contribution in [-0.4, -0.2) is 28.6 Å². The molecule has 1 N–H and O–H groups in total. The first-order chi connectivity index (χ1) is 13.7. The van der Waals surface area contributed by atoms with Crippen LogP contribution in [0.2, 0.25) is 0 Å². The first-order valence-electron chi connectivity index (χ1n) is 8.93. The molecule has 0 unspecified atom stereocenters. The largest absolute Gasteiger partial charge is 0.321 e. The Kier molecular flexibility index (Phi) is 5.40. The van der Waals surface area contributed by atoms with Gasteiger partial charge in [-0.25, -0.2) is 0 Å². The molecule has 2 heterocycles. The van der Waals surface area contributed by atoms with E-state index in [1.54, 1.807) is 16.5 Å². The van der Waals surface area contributed by atoms with E-state index in [2.05, 4.69) is 15.5 Å². The van der Waals surface area contributed by atoms with Crippen LogP contribution in [0.3, 0.4) is 0 Å². The van der Waals surface area contributed by atoms with E-state index >= 15 is 0 Å². The van der Waals surface area contributed by atoms with E-state index in [1.165, 1.54) is 23.1 Å². The summed E-state index contributed by atoms with van der Waals surface area (Å²) in [5.41, 5.74) is 4.94. The lowest BCUT2D eigenvalue weighted by atomic mass is 10.1. The van der Waals surface area contributed by atoms with E-state index in [1.807, 2.05) is 43.3 Å². The Morgan fingerprint density at radius 3 is 2.89 bits per heavy atom. The fraction of sp³-hybridized carbons (Fsp3) is 0.200. The van der Waals surface area contributed by atoms with Gasteiger partial charge in [0, 0.05) is 29.1 Å². The first kappa shape index (κ1) is 18.6. The predicted molar refractivity (Wildman–Crippen MR) is 111 cm³/mol. The molecule has 0 spiro atoms. The fourth-order valence-corrected chi connectivity index (χ4v) is 4.67. The van der Waals surface area contributed by atoms with Crippen LogP contribution in [0.5, 0.6) is 0 Å². The molecule has 2 amide bonds. The van der Waals surface area contributed by atoms with Crippen LogP contribution in [0.1, 0.15) is 29.3 Å². The van der Waals surface area contributed by atoms with Crippen LogP contribution in [0.25, 0.3) is 0 Å². The van der Waals surface area contributed by atoms with E-state index < -0.39 is 0 Å². The van der Waals surface area contributed by atoms with Crippen molar-refractivity contribution in [2.75, 3.05) is 16.8 Å². The lowest BCUT2D eigenvalue weighted by Gasteiger charge is -2.16. The zero-order valence-electron chi connectivity index (χ0n) is 15.2. The van der Waals surface area contributed by atoms with Crippen LogP contribution in [0, 0.1) is 0 Å². The number of carbonyl (C=O) groups excluding carboxylic acids is 2. The number of rotatable bonds is 5. The Morgan fingerprint density at radius 2 is 2.11 bits per heavy atom. The standard InChI is InChI=1S/C20H18N4O2S2/c1-2-18(25)24-10-9-13-11-14(7-8-16(13)24)19(26)22-15-5-3-4-6-17(15)28-20-23-21-12-27-20/h3-8,11-12H,2,9-10H2,1H3,(H,22,26). The average Bonchev–Trinajstić information content (AvgIpc) is 3.38. The normalized spacial score (nSPS) is 12.7. The number of hydrogen-bond donors (Lipinski definition) is 1. The molecule has 0 saturated carbocycles. The molecular weight excluding hydrogens is 392 g/mol. The number of anilines is 2. The van der Waals surface area contributed by atoms with E-state index in [-0.39, 0.29) is 11.8 Å². The van der Waals surface area contributed by atoms with Crippen molar-refractivity contribution in [1.29, 1.82) is 0 Å². The van der Waals surface area contributed by atoms with E-state index in [0.29, 0.717) is 18.5 Å². The summed E-state index contributed by atoms with van der Waals surface area (Å²) >= 11 is 2.93. The molecule has 6 nitrogen and oxygen atoms in total. The highest BCUT2D eigenvalue weighted by molar-refractivity contribution is 8.01. The first-order valence-corrected chi connectivity index (χ1v) is 10.6. The number of carbonyl (C=O) groups is 2. The Balaban J connectivity index is 1.53. The van der Waals surface area contributed by atoms with Crippen molar-refractivity contribution >= 4 is 46.3 Å². The zero-order valence-corrected chi connectivity index (χ0v) is 16.8. The van der Waals surface area contributed by atoms with E-state index in [4.69, 9.17) is 0 Å². The van der Waals surface area contributed by atoms with Gasteiger partial charge in [0.25, 0.3) is 5.91 Å². The Bertz CT molecular complexity index is 1020. The number of fused-ring (bicyclic) bond motifs is 1. The van der Waals surface area contributed by atoms with Gasteiger partial charge in [-0.3, -0.25) is 9.59 Å². The molecule has 0 radical (unpaired) electrons. The average molecular weight is 411 g/mol. The summed E-state index contributed by atoms with van der Waals surface area (Å²) in [5.74, 6) is -0.0630. The van der Waals surface area contributed by atoms with Gasteiger partial charge in [0.1, 0.15) is 5.51 Å². The quantitative estimate of drug-likeness (QED) is 0.681. The van der Waals surface area contributed by atoms with Gasteiger partial charge in [0.15, 0.2) is 4.34 Å². The van der Waals surface area contributed by atoms with Crippen LogP contribution < -0.4 is 10.2 Å². The van der Waals surface area contributed by atoms with Crippen LogP contribution >= 0.6 is 23.1 Å². The van der Waals surface area contributed by atoms with Gasteiger partial charge in [-0.1, -0.05) is 42.2 Å². The van der Waals surface area contributed by atoms with Crippen LogP contribution in [0.4, 0.5) is 11.4 Å². The summed E-state index contributed by atoms with van der Waals surface area (Å²) in [5, 5.41) is 10.9. The summed E-state index contributed by atoms with van der Waals surface area (Å²) in [4.78, 5) is 27.6. The summed E-state index contributed by atoms with van der Waals surface area (Å²) in [7, 11) is 0. The van der Waals surface area contributed by atoms with Crippen LogP contribution in [-0.2, 0) is 11.2 Å². The second-order valence-electron chi connectivity index (χ2n) is 6.25. The van der Waals surface area contributed by atoms with Crippen molar-refractivity contribution in [1.82, 2.24) is 10.2 Å². The third-order valence-electron chi connectivity index (χ3n) is 4.51. The number of aromatic nitrogens is 2. The molecular formula is C20H18N4O2S2. The van der Waals surface area contributed by atoms with Crippen molar-refractivity contribution in [3.63, 3.8) is 0 Å². The molecule has 0 atom stereocenters. The van der Waals surface area contributed by atoms with E-state index in [9.17, 15) is 9.59 Å². The highest BCUT2D eigenvalue weighted by Gasteiger charge is 2.24. The summed E-state index contributed by atoms with van der Waals surface area (Å²) in [6.07, 6.45) is 1.25. The summed E-state index contributed by atoms with van der Waals surface area (Å²) < 4.78 is 0.819. The molecule has 0 aliphatic carbocycles. The van der Waals surface area contributed by atoms with Crippen molar-refractivity contribution in [2.24, 2.45) is 0 Å². The third kappa shape index (κ3) is 3.79. The van der Waals surface area contributed by atoms with Gasteiger partial charge < -0.3 is 10.2 Å². The predicted octanol–water partition coefficient (Wildman–Crippen LogP) is 4.24. The van der Waals surface area contributed by atoms with Crippen molar-refractivity contribution in [3.8, 4) is 0 Å². The van der Waals surface area contributed by atoms with Crippen LogP contribution in [0.15, 0.2) is 57.2 Å². The van der Waals surface area contributed by atoms with Crippen molar-refractivity contribution in [2.45, 2.75) is 29.0 Å². The SMILES string of the molecule is CCC(=O)N1CCc2cc(C(=O)Nc3ccccc3Sc3nncs3)ccc21. The monoisotopic (exact) mass is 410 g/mol. The molecule has 8 heteroatoms. The number of nitrogens with zero attached hydrogens (tertiary/aromatic N) is 3. The number of para-hydroxylation sites is 1. The minimum atomic E-state index is -0.173. The van der Waals surface area contributed by atoms with Gasteiger partial charge >= 0.3 is 0 Å². The Morgan fingerprint density at radius 1 is 1.25 bits per heavy atom. The van der Waals surface area contributed by atoms with Gasteiger partial charge in [0.2, 0.25) is 5.91 Å². The number of benzene rings is 2. The van der Waals surface area contributed by atoms with Crippen molar-refractivity contribution < 1.29 is 9.59 Å². The van der Waals surface area contributed by atoms with Gasteiger partial charge in [-0.05, 0) is 42.3 Å². The molecule has 1 aliphatic rings. The summed E-state index contributed by atoms with van der Waals surface area (Å²) in [6, 6.07) is 13.1. The molecule has 1 aromatic heterocycles. The highest BCUT2D eigenvalue weighted by atomic mass is 32.2. The maximum atomic E-state index is 12.8. The van der Waals surface area contributed by atoms with Crippen molar-refractivity contribution in [3.05, 3.63) is 59.1 Å². The third-order valence-corrected chi connectivity index (χ3v) is 6.37. The van der Waals surface area contributed by atoms with Gasteiger partial charge in [-0.15, -0.1) is 10.2 Å². The fourth-order valence-electron chi connectivity index (χ4n) is 3.15. The Labute approximate surface area is 171 Å². The zero-order chi connectivity index (χ0) is 19.5. The topological polar surface area (TPSA) is 75.2 Å². The lowest BCUT2D eigenvalue weighted by molar-refractivity contribution is -0.118.